The quantitative estimate of drug-likeness (QED) is 0.222. The molecular formula is C32H38N4O5. The van der Waals surface area contributed by atoms with E-state index in [4.69, 9.17) is 4.74 Å². The molecule has 0 spiro atoms. The van der Waals surface area contributed by atoms with Crippen molar-refractivity contribution in [3.8, 4) is 5.75 Å². The molecule has 2 atom stereocenters. The van der Waals surface area contributed by atoms with Crippen LogP contribution in [0.5, 0.6) is 5.75 Å². The molecule has 3 rings (SSSR count). The van der Waals surface area contributed by atoms with Gasteiger partial charge in [-0.05, 0) is 49.1 Å². The number of methoxy groups -OCH3 is 1. The molecular weight excluding hydrogens is 520 g/mol. The number of carbonyl (C=O) groups excluding carboxylic acids is 4. The normalized spacial score (nSPS) is 12.1. The molecule has 4 N–H and O–H groups in total. The first kappa shape index (κ1) is 30.9. The van der Waals surface area contributed by atoms with Crippen LogP contribution in [0.25, 0.3) is 0 Å². The second kappa shape index (κ2) is 15.2. The second-order valence-corrected chi connectivity index (χ2v) is 10.0. The topological polar surface area (TPSA) is 126 Å². The first-order valence-corrected chi connectivity index (χ1v) is 13.7. The Morgan fingerprint density at radius 2 is 1.41 bits per heavy atom. The van der Waals surface area contributed by atoms with E-state index < -0.39 is 35.6 Å². The monoisotopic (exact) mass is 558 g/mol. The lowest BCUT2D eigenvalue weighted by molar-refractivity contribution is -0.140. The molecule has 0 unspecified atom stereocenters. The van der Waals surface area contributed by atoms with Crippen molar-refractivity contribution in [2.45, 2.75) is 45.7 Å². The number of nitrogens with one attached hydrogen (secondary N) is 4. The number of ether oxygens (including phenoxy) is 1. The van der Waals surface area contributed by atoms with E-state index in [1.807, 2.05) is 68.4 Å². The third-order valence-corrected chi connectivity index (χ3v) is 6.35. The molecule has 0 aliphatic heterocycles. The molecule has 9 nitrogen and oxygen atoms in total. The molecule has 0 saturated carbocycles. The van der Waals surface area contributed by atoms with Crippen LogP contribution in [0, 0.1) is 5.92 Å². The van der Waals surface area contributed by atoms with Crippen LogP contribution >= 0.6 is 0 Å². The Morgan fingerprint density at radius 3 is 2.07 bits per heavy atom. The molecule has 0 aliphatic carbocycles. The lowest BCUT2D eigenvalue weighted by Gasteiger charge is -2.24. The second-order valence-electron chi connectivity index (χ2n) is 10.0. The number of rotatable bonds is 14. The van der Waals surface area contributed by atoms with Crippen LogP contribution in [0.1, 0.15) is 43.1 Å². The van der Waals surface area contributed by atoms with Gasteiger partial charge in [-0.15, -0.1) is 0 Å². The van der Waals surface area contributed by atoms with Gasteiger partial charge in [0.25, 0.3) is 11.8 Å². The third kappa shape index (κ3) is 8.93. The van der Waals surface area contributed by atoms with Crippen molar-refractivity contribution < 1.29 is 23.9 Å². The number of hydrogen-bond acceptors (Lipinski definition) is 6. The van der Waals surface area contributed by atoms with Crippen LogP contribution in [-0.4, -0.2) is 49.2 Å². The number of carbonyl (C=O) groups is 4. The van der Waals surface area contributed by atoms with Crippen LogP contribution in [0.3, 0.4) is 0 Å². The number of para-hydroxylation sites is 3. The van der Waals surface area contributed by atoms with Crippen molar-refractivity contribution in [2.75, 3.05) is 19.0 Å². The summed E-state index contributed by atoms with van der Waals surface area (Å²) < 4.78 is 5.42. The zero-order chi connectivity index (χ0) is 29.8. The summed E-state index contributed by atoms with van der Waals surface area (Å²) >= 11 is 0. The van der Waals surface area contributed by atoms with Gasteiger partial charge in [0, 0.05) is 13.0 Å². The highest BCUT2D eigenvalue weighted by Crippen LogP contribution is 2.28. The molecule has 0 bridgehead atoms. The Bertz CT molecular complexity index is 1340. The highest BCUT2D eigenvalue weighted by Gasteiger charge is 2.31. The van der Waals surface area contributed by atoms with E-state index in [1.54, 1.807) is 38.3 Å². The maximum atomic E-state index is 13.5. The standard InChI is InChI=1S/C32H38N4O5/c1-5-33-32(40)29(37)26(20-22-13-7-6-8-14-22)35-31(39)27(19-21(2)3)36-30(38)23-15-9-10-16-24(23)34-25-17-11-12-18-28(25)41-4/h6-18,21,26-27,34H,5,19-20H2,1-4H3,(H,33,40)(H,35,39)(H,36,38)/t26-,27-/m0/s1. The van der Waals surface area contributed by atoms with Crippen LogP contribution in [0.15, 0.2) is 78.9 Å². The van der Waals surface area contributed by atoms with Crippen molar-refractivity contribution in [3.63, 3.8) is 0 Å². The van der Waals surface area contributed by atoms with Gasteiger partial charge in [0.1, 0.15) is 17.8 Å². The van der Waals surface area contributed by atoms with Crippen LogP contribution < -0.4 is 26.0 Å². The molecule has 0 aromatic heterocycles. The van der Waals surface area contributed by atoms with Gasteiger partial charge in [0.2, 0.25) is 11.7 Å². The molecule has 3 aromatic carbocycles. The van der Waals surface area contributed by atoms with Gasteiger partial charge < -0.3 is 26.0 Å². The van der Waals surface area contributed by atoms with Gasteiger partial charge in [-0.2, -0.15) is 0 Å². The predicted molar refractivity (Wildman–Crippen MR) is 159 cm³/mol. The summed E-state index contributed by atoms with van der Waals surface area (Å²) in [6.07, 6.45) is 0.462. The zero-order valence-corrected chi connectivity index (χ0v) is 23.9. The fourth-order valence-electron chi connectivity index (χ4n) is 4.36. The van der Waals surface area contributed by atoms with Gasteiger partial charge in [-0.1, -0.05) is 68.4 Å². The molecule has 41 heavy (non-hydrogen) atoms. The van der Waals surface area contributed by atoms with Gasteiger partial charge in [-0.3, -0.25) is 19.2 Å². The fraction of sp³-hybridized carbons (Fsp3) is 0.312. The number of ketones is 1. The first-order valence-electron chi connectivity index (χ1n) is 13.7. The van der Waals surface area contributed by atoms with E-state index in [9.17, 15) is 19.2 Å². The molecule has 0 fully saturated rings. The van der Waals surface area contributed by atoms with E-state index in [-0.39, 0.29) is 18.9 Å². The number of anilines is 2. The molecule has 0 aliphatic rings. The number of benzene rings is 3. The summed E-state index contributed by atoms with van der Waals surface area (Å²) in [6.45, 7) is 5.87. The molecule has 3 amide bonds. The number of Topliss-reactive ketones (excluding diaryl/α,β-unsaturated/α-hetero) is 1. The summed E-state index contributed by atoms with van der Waals surface area (Å²) in [4.78, 5) is 52.5. The molecule has 3 aromatic rings. The predicted octanol–water partition coefficient (Wildman–Crippen LogP) is 4.02. The van der Waals surface area contributed by atoms with Gasteiger partial charge in [-0.25, -0.2) is 0 Å². The number of hydrogen-bond donors (Lipinski definition) is 4. The lowest BCUT2D eigenvalue weighted by atomic mass is 9.99. The van der Waals surface area contributed by atoms with Crippen molar-refractivity contribution in [1.29, 1.82) is 0 Å². The Morgan fingerprint density at radius 1 is 0.780 bits per heavy atom. The van der Waals surface area contributed by atoms with E-state index in [1.165, 1.54) is 0 Å². The van der Waals surface area contributed by atoms with Gasteiger partial charge in [0.15, 0.2) is 0 Å². The maximum Gasteiger partial charge on any atom is 0.289 e. The summed E-state index contributed by atoms with van der Waals surface area (Å²) in [5.41, 5.74) is 2.33. The van der Waals surface area contributed by atoms with Crippen molar-refractivity contribution in [1.82, 2.24) is 16.0 Å². The average molecular weight is 559 g/mol. The van der Waals surface area contributed by atoms with E-state index in [0.29, 0.717) is 29.1 Å². The Balaban J connectivity index is 1.83. The van der Waals surface area contributed by atoms with Gasteiger partial charge >= 0.3 is 0 Å². The summed E-state index contributed by atoms with van der Waals surface area (Å²) in [6, 6.07) is 21.4. The number of likely N-dealkylation sites (N-methyl/N-ethyl adjacent to an activating group) is 1. The molecule has 0 radical (unpaired) electrons. The van der Waals surface area contributed by atoms with E-state index in [0.717, 1.165) is 5.56 Å². The van der Waals surface area contributed by atoms with E-state index >= 15 is 0 Å². The fourth-order valence-corrected chi connectivity index (χ4v) is 4.36. The minimum atomic E-state index is -1.09. The summed E-state index contributed by atoms with van der Waals surface area (Å²) in [5, 5.41) is 11.3. The van der Waals surface area contributed by atoms with Crippen LogP contribution in [0.4, 0.5) is 11.4 Å². The number of amides is 3. The largest absolute Gasteiger partial charge is 0.495 e. The van der Waals surface area contributed by atoms with Crippen molar-refractivity contribution >= 4 is 34.9 Å². The minimum absolute atomic E-state index is 0.0552. The van der Waals surface area contributed by atoms with Crippen LogP contribution in [0.2, 0.25) is 0 Å². The lowest BCUT2D eigenvalue weighted by Crippen LogP contribution is -2.54. The Hall–Kier alpha value is -4.66. The smallest absolute Gasteiger partial charge is 0.289 e. The highest BCUT2D eigenvalue weighted by atomic mass is 16.5. The first-order chi connectivity index (χ1) is 19.7. The SMILES string of the molecule is CCNC(=O)C(=O)[C@H](Cc1ccccc1)NC(=O)[C@H](CC(C)C)NC(=O)c1ccccc1Nc1ccccc1OC. The summed E-state index contributed by atoms with van der Waals surface area (Å²) in [5.74, 6) is -1.85. The molecule has 0 heterocycles. The molecule has 216 valence electrons. The van der Waals surface area contributed by atoms with Crippen molar-refractivity contribution in [3.05, 3.63) is 90.0 Å². The van der Waals surface area contributed by atoms with E-state index in [2.05, 4.69) is 21.3 Å². The third-order valence-electron chi connectivity index (χ3n) is 6.35. The van der Waals surface area contributed by atoms with Crippen molar-refractivity contribution in [2.24, 2.45) is 5.92 Å². The summed E-state index contributed by atoms with van der Waals surface area (Å²) in [7, 11) is 1.57. The Labute approximate surface area is 241 Å². The Kier molecular flexibility index (Phi) is 11.5. The maximum absolute atomic E-state index is 13.5. The average Bonchev–Trinajstić information content (AvgIpc) is 2.97. The zero-order valence-electron chi connectivity index (χ0n) is 23.9. The van der Waals surface area contributed by atoms with Gasteiger partial charge in [0.05, 0.1) is 24.0 Å². The minimum Gasteiger partial charge on any atom is -0.495 e. The molecule has 0 saturated heterocycles. The highest BCUT2D eigenvalue weighted by molar-refractivity contribution is 6.38. The van der Waals surface area contributed by atoms with Crippen LogP contribution in [-0.2, 0) is 20.8 Å². The molecule has 9 heteroatoms.